The van der Waals surface area contributed by atoms with Gasteiger partial charge in [0.2, 0.25) is 0 Å². The van der Waals surface area contributed by atoms with Crippen LogP contribution < -0.4 is 0 Å². The second-order valence-electron chi connectivity index (χ2n) is 7.44. The lowest BCUT2D eigenvalue weighted by Gasteiger charge is -2.45. The average molecular weight is 332 g/mol. The minimum atomic E-state index is 0.657. The molecule has 0 aliphatic carbocycles. The third kappa shape index (κ3) is 3.64. The minimum absolute atomic E-state index is 0.657. The number of unbranched alkanes of at least 4 members (excludes halogenated alkanes) is 2. The summed E-state index contributed by atoms with van der Waals surface area (Å²) in [5, 5.41) is 0. The van der Waals surface area contributed by atoms with Crippen LogP contribution in [0.1, 0.15) is 36.0 Å². The molecule has 1 fully saturated rings. The molecule has 25 heavy (non-hydrogen) atoms. The Balaban J connectivity index is 1.14. The minimum Gasteiger partial charge on any atom is -0.362 e. The molecule has 4 rings (SSSR count). The Morgan fingerprint density at radius 3 is 2.44 bits per heavy atom. The van der Waals surface area contributed by atoms with Crippen molar-refractivity contribution in [2.75, 3.05) is 19.6 Å². The molecule has 1 saturated heterocycles. The smallest absolute Gasteiger partial charge is 0.0547 e. The number of hydrogen-bond acceptors (Lipinski definition) is 2. The van der Waals surface area contributed by atoms with Gasteiger partial charge < -0.3 is 4.90 Å². The third-order valence-corrected chi connectivity index (χ3v) is 5.68. The van der Waals surface area contributed by atoms with Gasteiger partial charge in [-0.25, -0.2) is 0 Å². The number of rotatable bonds is 7. The maximum absolute atomic E-state index is 4.33. The normalized spacial score (nSPS) is 17.6. The van der Waals surface area contributed by atoms with Gasteiger partial charge in [0.1, 0.15) is 0 Å². The summed E-state index contributed by atoms with van der Waals surface area (Å²) >= 11 is 0. The molecular weight excluding hydrogens is 304 g/mol. The van der Waals surface area contributed by atoms with Gasteiger partial charge in [-0.15, -0.1) is 0 Å². The highest BCUT2D eigenvalue weighted by molar-refractivity contribution is 5.69. The summed E-state index contributed by atoms with van der Waals surface area (Å²) < 4.78 is 0. The standard InChI is InChI=1S/C23H28N2/c1-19-23-14-8-7-13-21(23)16-25(19)22-17-24(18-22)15-9-3-6-12-20-10-4-2-5-11-20/h2,4-5,7-8,10-11,13-14,22H,1,3,6,9,12,15-18H2. The summed E-state index contributed by atoms with van der Waals surface area (Å²) in [5.74, 6) is 0. The Bertz CT molecular complexity index is 716. The van der Waals surface area contributed by atoms with E-state index in [9.17, 15) is 0 Å². The van der Waals surface area contributed by atoms with Gasteiger partial charge >= 0.3 is 0 Å². The van der Waals surface area contributed by atoms with E-state index in [1.54, 1.807) is 0 Å². The first-order valence-corrected chi connectivity index (χ1v) is 9.61. The zero-order valence-corrected chi connectivity index (χ0v) is 15.0. The van der Waals surface area contributed by atoms with Gasteiger partial charge in [-0.3, -0.25) is 4.90 Å². The van der Waals surface area contributed by atoms with E-state index < -0.39 is 0 Å². The zero-order valence-electron chi connectivity index (χ0n) is 15.0. The molecule has 2 heterocycles. The first kappa shape index (κ1) is 16.4. The van der Waals surface area contributed by atoms with Gasteiger partial charge in [-0.2, -0.15) is 0 Å². The van der Waals surface area contributed by atoms with Gasteiger partial charge in [-0.05, 0) is 36.9 Å². The molecule has 0 amide bonds. The molecule has 0 spiro atoms. The highest BCUT2D eigenvalue weighted by atomic mass is 15.3. The molecule has 0 N–H and O–H groups in total. The van der Waals surface area contributed by atoms with Crippen LogP contribution in [0.5, 0.6) is 0 Å². The first-order chi connectivity index (χ1) is 12.3. The Kier molecular flexibility index (Phi) is 4.89. The number of fused-ring (bicyclic) bond motifs is 1. The summed E-state index contributed by atoms with van der Waals surface area (Å²) in [5.41, 5.74) is 5.48. The Morgan fingerprint density at radius 2 is 1.64 bits per heavy atom. The fourth-order valence-corrected chi connectivity index (χ4v) is 4.13. The summed E-state index contributed by atoms with van der Waals surface area (Å²) in [7, 11) is 0. The molecule has 2 nitrogen and oxygen atoms in total. The molecule has 0 radical (unpaired) electrons. The lowest BCUT2D eigenvalue weighted by atomic mass is 10.0. The number of likely N-dealkylation sites (tertiary alicyclic amines) is 1. The quantitative estimate of drug-likeness (QED) is 0.685. The molecule has 0 atom stereocenters. The third-order valence-electron chi connectivity index (χ3n) is 5.68. The van der Waals surface area contributed by atoms with E-state index in [4.69, 9.17) is 0 Å². The van der Waals surface area contributed by atoms with Gasteiger partial charge in [0, 0.05) is 30.9 Å². The monoisotopic (exact) mass is 332 g/mol. The van der Waals surface area contributed by atoms with Crippen LogP contribution in [0.25, 0.3) is 5.70 Å². The van der Waals surface area contributed by atoms with Crippen molar-refractivity contribution in [3.63, 3.8) is 0 Å². The first-order valence-electron chi connectivity index (χ1n) is 9.61. The fraction of sp³-hybridized carbons (Fsp3) is 0.391. The number of nitrogens with zero attached hydrogens (tertiary/aromatic N) is 2. The van der Waals surface area contributed by atoms with Gasteiger partial charge in [0.05, 0.1) is 6.04 Å². The molecule has 0 bridgehead atoms. The number of benzene rings is 2. The summed E-state index contributed by atoms with van der Waals surface area (Å²) in [6, 6.07) is 20.2. The fourth-order valence-electron chi connectivity index (χ4n) is 4.13. The van der Waals surface area contributed by atoms with Crippen LogP contribution in [0.3, 0.4) is 0 Å². The van der Waals surface area contributed by atoms with E-state index in [1.807, 2.05) is 0 Å². The summed E-state index contributed by atoms with van der Waals surface area (Å²) in [6.07, 6.45) is 5.17. The van der Waals surface area contributed by atoms with E-state index in [1.165, 1.54) is 67.7 Å². The Labute approximate surface area is 151 Å². The maximum atomic E-state index is 4.33. The second-order valence-corrected chi connectivity index (χ2v) is 7.44. The molecule has 0 aromatic heterocycles. The molecule has 2 aliphatic rings. The molecule has 0 saturated carbocycles. The summed E-state index contributed by atoms with van der Waals surface area (Å²) in [4.78, 5) is 5.11. The molecule has 2 aromatic rings. The van der Waals surface area contributed by atoms with Crippen molar-refractivity contribution in [2.24, 2.45) is 0 Å². The number of aryl methyl sites for hydroxylation is 1. The topological polar surface area (TPSA) is 6.48 Å². The van der Waals surface area contributed by atoms with Crippen LogP contribution in [0.4, 0.5) is 0 Å². The maximum Gasteiger partial charge on any atom is 0.0547 e. The second kappa shape index (κ2) is 7.45. The van der Waals surface area contributed by atoms with Gasteiger partial charge in [-0.1, -0.05) is 67.6 Å². The van der Waals surface area contributed by atoms with Crippen molar-refractivity contribution in [1.29, 1.82) is 0 Å². The average Bonchev–Trinajstić information content (AvgIpc) is 2.94. The van der Waals surface area contributed by atoms with Crippen molar-refractivity contribution in [1.82, 2.24) is 9.80 Å². The van der Waals surface area contributed by atoms with E-state index in [0.717, 1.165) is 6.54 Å². The van der Waals surface area contributed by atoms with Crippen molar-refractivity contribution >= 4 is 5.70 Å². The van der Waals surface area contributed by atoms with Crippen molar-refractivity contribution in [2.45, 2.75) is 38.3 Å². The van der Waals surface area contributed by atoms with Crippen molar-refractivity contribution < 1.29 is 0 Å². The Morgan fingerprint density at radius 1 is 0.880 bits per heavy atom. The van der Waals surface area contributed by atoms with E-state index in [2.05, 4.69) is 71.0 Å². The Hall–Kier alpha value is -2.06. The van der Waals surface area contributed by atoms with Crippen LogP contribution in [0.2, 0.25) is 0 Å². The molecule has 2 aromatic carbocycles. The molecule has 2 heteroatoms. The zero-order chi connectivity index (χ0) is 17.1. The lowest BCUT2D eigenvalue weighted by Crippen LogP contribution is -2.57. The predicted octanol–water partition coefficient (Wildman–Crippen LogP) is 4.57. The molecular formula is C23H28N2. The van der Waals surface area contributed by atoms with Crippen molar-refractivity contribution in [3.8, 4) is 0 Å². The van der Waals surface area contributed by atoms with E-state index in [0.29, 0.717) is 6.04 Å². The largest absolute Gasteiger partial charge is 0.362 e. The van der Waals surface area contributed by atoms with E-state index >= 15 is 0 Å². The molecule has 0 unspecified atom stereocenters. The highest BCUT2D eigenvalue weighted by Gasteiger charge is 2.35. The van der Waals surface area contributed by atoms with Crippen LogP contribution in [0, 0.1) is 0 Å². The van der Waals surface area contributed by atoms with E-state index in [-0.39, 0.29) is 0 Å². The summed E-state index contributed by atoms with van der Waals surface area (Å²) in [6.45, 7) is 9.02. The predicted molar refractivity (Wildman–Crippen MR) is 105 cm³/mol. The van der Waals surface area contributed by atoms with Crippen LogP contribution in [-0.2, 0) is 13.0 Å². The van der Waals surface area contributed by atoms with Gasteiger partial charge in [0.15, 0.2) is 0 Å². The number of hydrogen-bond donors (Lipinski definition) is 0. The van der Waals surface area contributed by atoms with Crippen LogP contribution >= 0.6 is 0 Å². The van der Waals surface area contributed by atoms with Crippen LogP contribution in [-0.4, -0.2) is 35.5 Å². The van der Waals surface area contributed by atoms with Gasteiger partial charge in [0.25, 0.3) is 0 Å². The van der Waals surface area contributed by atoms with Crippen molar-refractivity contribution in [3.05, 3.63) is 77.9 Å². The highest BCUT2D eigenvalue weighted by Crippen LogP contribution is 2.35. The SMILES string of the molecule is C=C1c2ccccc2CN1C1CN(CCCCCc2ccccc2)C1. The lowest BCUT2D eigenvalue weighted by molar-refractivity contribution is 0.0657. The van der Waals surface area contributed by atoms with Crippen LogP contribution in [0.15, 0.2) is 61.2 Å². The molecule has 130 valence electrons. The molecule has 2 aliphatic heterocycles.